The summed E-state index contributed by atoms with van der Waals surface area (Å²) in [5.41, 5.74) is 16.3. The molecule has 1 aliphatic rings. The van der Waals surface area contributed by atoms with Crippen LogP contribution in [0.15, 0.2) is 232 Å². The Kier molecular flexibility index (Phi) is 8.06. The minimum atomic E-state index is -0.249. The average molecular weight is 899 g/mol. The van der Waals surface area contributed by atoms with E-state index in [1.54, 1.807) is 0 Å². The molecule has 11 aromatic carbocycles. The molecule has 0 saturated heterocycles. The van der Waals surface area contributed by atoms with E-state index in [0.717, 1.165) is 111 Å². The molecule has 3 heterocycles. The standard InChI is InChI=1S/C65H42N2O3/c1-65(2)55-35-41-31-45(66(43-15-5-3-6-16-43)57-23-13-21-49-47-19-9-11-25-59(47)69-63(49)57)29-27-39(41)33-51(55)52-38-62-54(37-56(52)65)53-34-40-28-30-46(32-42(40)36-61(53)68-62)67(44-17-7-4-8-18-44)58-24-14-22-50-48-20-10-12-26-60(48)70-64(50)58/h3-38H,1-2H3. The van der Waals surface area contributed by atoms with Crippen LogP contribution in [-0.2, 0) is 5.41 Å². The number of hydrogen-bond acceptors (Lipinski definition) is 5. The molecule has 0 bridgehead atoms. The van der Waals surface area contributed by atoms with E-state index in [4.69, 9.17) is 13.3 Å². The summed E-state index contributed by atoms with van der Waals surface area (Å²) >= 11 is 0. The SMILES string of the molecule is CC1(C)c2cc3cc(N(c4ccccc4)c4cccc5c4oc4ccccc45)ccc3cc2-c2cc3oc4cc5cc(N(c6ccccc6)c6cccc7c6oc6ccccc67)ccc5cc4c3cc21. The van der Waals surface area contributed by atoms with Crippen LogP contribution in [0, 0.1) is 0 Å². The highest BCUT2D eigenvalue weighted by atomic mass is 16.3. The van der Waals surface area contributed by atoms with Crippen LogP contribution in [-0.4, -0.2) is 0 Å². The minimum Gasteiger partial charge on any atom is -0.456 e. The van der Waals surface area contributed by atoms with Crippen LogP contribution >= 0.6 is 0 Å². The second-order valence-electron chi connectivity index (χ2n) is 19.3. The molecule has 0 spiro atoms. The zero-order valence-electron chi connectivity index (χ0n) is 38.4. The fourth-order valence-electron chi connectivity index (χ4n) is 11.6. The Bertz CT molecular complexity index is 4460. The molecule has 70 heavy (non-hydrogen) atoms. The van der Waals surface area contributed by atoms with Crippen molar-refractivity contribution in [2.45, 2.75) is 19.3 Å². The summed E-state index contributed by atoms with van der Waals surface area (Å²) in [5, 5.41) is 11.3. The molecular weight excluding hydrogens is 857 g/mol. The Hall–Kier alpha value is -9.06. The van der Waals surface area contributed by atoms with Gasteiger partial charge in [0.1, 0.15) is 22.3 Å². The maximum Gasteiger partial charge on any atom is 0.159 e. The lowest BCUT2D eigenvalue weighted by Crippen LogP contribution is -2.15. The van der Waals surface area contributed by atoms with E-state index in [1.807, 2.05) is 24.3 Å². The molecule has 0 aliphatic heterocycles. The summed E-state index contributed by atoms with van der Waals surface area (Å²) in [6, 6.07) is 78.1. The number of nitrogens with zero attached hydrogens (tertiary/aromatic N) is 2. The third kappa shape index (κ3) is 5.66. The van der Waals surface area contributed by atoms with Crippen molar-refractivity contribution in [2.24, 2.45) is 0 Å². The normalized spacial score (nSPS) is 13.1. The van der Waals surface area contributed by atoms with Crippen LogP contribution in [0.25, 0.3) is 98.5 Å². The van der Waals surface area contributed by atoms with E-state index < -0.39 is 0 Å². The van der Waals surface area contributed by atoms with Crippen molar-refractivity contribution in [3.63, 3.8) is 0 Å². The van der Waals surface area contributed by atoms with Gasteiger partial charge in [-0.15, -0.1) is 0 Å². The monoisotopic (exact) mass is 898 g/mol. The van der Waals surface area contributed by atoms with E-state index in [9.17, 15) is 0 Å². The summed E-state index contributed by atoms with van der Waals surface area (Å²) in [6.07, 6.45) is 0. The molecule has 5 nitrogen and oxygen atoms in total. The third-order valence-corrected chi connectivity index (χ3v) is 14.9. The van der Waals surface area contributed by atoms with Gasteiger partial charge in [-0.2, -0.15) is 0 Å². The molecule has 0 N–H and O–H groups in total. The Morgan fingerprint density at radius 1 is 0.300 bits per heavy atom. The first kappa shape index (κ1) is 39.0. The van der Waals surface area contributed by atoms with Gasteiger partial charge in [-0.1, -0.05) is 123 Å². The number of para-hydroxylation sites is 6. The largest absolute Gasteiger partial charge is 0.456 e. The van der Waals surface area contributed by atoms with Crippen molar-refractivity contribution in [1.29, 1.82) is 0 Å². The van der Waals surface area contributed by atoms with Crippen molar-refractivity contribution in [1.82, 2.24) is 0 Å². The Morgan fingerprint density at radius 3 is 1.37 bits per heavy atom. The molecule has 0 fully saturated rings. The van der Waals surface area contributed by atoms with Crippen molar-refractivity contribution < 1.29 is 13.3 Å². The summed E-state index contributed by atoms with van der Waals surface area (Å²) in [5.74, 6) is 0. The van der Waals surface area contributed by atoms with Crippen LogP contribution in [0.3, 0.4) is 0 Å². The van der Waals surface area contributed by atoms with Gasteiger partial charge in [-0.25, -0.2) is 0 Å². The second kappa shape index (κ2) is 14.5. The van der Waals surface area contributed by atoms with Gasteiger partial charge in [0.25, 0.3) is 0 Å². The molecule has 330 valence electrons. The highest BCUT2D eigenvalue weighted by Crippen LogP contribution is 2.53. The van der Waals surface area contributed by atoms with E-state index in [1.165, 1.54) is 33.0 Å². The van der Waals surface area contributed by atoms with E-state index in [-0.39, 0.29) is 5.41 Å². The van der Waals surface area contributed by atoms with Gasteiger partial charge in [-0.05, 0) is 153 Å². The lowest BCUT2D eigenvalue weighted by Gasteiger charge is -2.26. The lowest BCUT2D eigenvalue weighted by molar-refractivity contribution is 0.658. The highest BCUT2D eigenvalue weighted by Gasteiger charge is 2.37. The van der Waals surface area contributed by atoms with Crippen molar-refractivity contribution in [3.8, 4) is 11.1 Å². The molecule has 0 atom stereocenters. The van der Waals surface area contributed by atoms with Gasteiger partial charge in [0, 0.05) is 60.5 Å². The van der Waals surface area contributed by atoms with Crippen LogP contribution in [0.4, 0.5) is 34.1 Å². The van der Waals surface area contributed by atoms with Gasteiger partial charge in [0.2, 0.25) is 0 Å². The number of rotatable bonds is 6. The Balaban J connectivity index is 0.835. The number of anilines is 6. The van der Waals surface area contributed by atoms with Gasteiger partial charge < -0.3 is 23.1 Å². The first-order valence-electron chi connectivity index (χ1n) is 24.0. The summed E-state index contributed by atoms with van der Waals surface area (Å²) < 4.78 is 20.0. The van der Waals surface area contributed by atoms with Gasteiger partial charge in [0.15, 0.2) is 11.2 Å². The summed E-state index contributed by atoms with van der Waals surface area (Å²) in [6.45, 7) is 4.72. The molecule has 14 aromatic rings. The quantitative estimate of drug-likeness (QED) is 0.166. The zero-order valence-corrected chi connectivity index (χ0v) is 38.4. The number of fused-ring (bicyclic) bond motifs is 14. The van der Waals surface area contributed by atoms with Crippen molar-refractivity contribution >= 4 is 121 Å². The predicted octanol–water partition coefficient (Wildman–Crippen LogP) is 18.9. The molecule has 0 unspecified atom stereocenters. The van der Waals surface area contributed by atoms with Crippen LogP contribution < -0.4 is 9.80 Å². The Labute approximate surface area is 402 Å². The fourth-order valence-corrected chi connectivity index (χ4v) is 11.6. The number of furan rings is 3. The zero-order chi connectivity index (χ0) is 46.2. The molecule has 0 amide bonds. The maximum absolute atomic E-state index is 6.85. The van der Waals surface area contributed by atoms with Gasteiger partial charge in [0.05, 0.1) is 11.4 Å². The molecule has 1 aliphatic carbocycles. The first-order valence-corrected chi connectivity index (χ1v) is 24.0. The first-order chi connectivity index (χ1) is 34.4. The fraction of sp³-hybridized carbons (Fsp3) is 0.0462. The van der Waals surface area contributed by atoms with Gasteiger partial charge in [-0.3, -0.25) is 0 Å². The molecule has 3 aromatic heterocycles. The highest BCUT2D eigenvalue weighted by molar-refractivity contribution is 6.14. The Morgan fingerprint density at radius 2 is 0.771 bits per heavy atom. The number of benzene rings is 11. The van der Waals surface area contributed by atoms with E-state index in [2.05, 4.69) is 218 Å². The molecule has 0 radical (unpaired) electrons. The molecular formula is C65H42N2O3. The van der Waals surface area contributed by atoms with E-state index in [0.29, 0.717) is 0 Å². The van der Waals surface area contributed by atoms with Crippen LogP contribution in [0.2, 0.25) is 0 Å². The molecule has 15 rings (SSSR count). The average Bonchev–Trinajstić information content (AvgIpc) is 4.14. The van der Waals surface area contributed by atoms with Crippen molar-refractivity contribution in [3.05, 3.63) is 230 Å². The van der Waals surface area contributed by atoms with Crippen LogP contribution in [0.1, 0.15) is 25.0 Å². The van der Waals surface area contributed by atoms with Gasteiger partial charge >= 0.3 is 0 Å². The molecule has 0 saturated carbocycles. The minimum absolute atomic E-state index is 0.249. The third-order valence-electron chi connectivity index (χ3n) is 14.9. The lowest BCUT2D eigenvalue weighted by atomic mass is 9.81. The smallest absolute Gasteiger partial charge is 0.159 e. The maximum atomic E-state index is 6.85. The summed E-state index contributed by atoms with van der Waals surface area (Å²) in [7, 11) is 0. The predicted molar refractivity (Wildman–Crippen MR) is 290 cm³/mol. The van der Waals surface area contributed by atoms with E-state index >= 15 is 0 Å². The summed E-state index contributed by atoms with van der Waals surface area (Å²) in [4.78, 5) is 4.62. The van der Waals surface area contributed by atoms with Crippen LogP contribution in [0.5, 0.6) is 0 Å². The second-order valence-corrected chi connectivity index (χ2v) is 19.3. The number of hydrogen-bond donors (Lipinski definition) is 0. The topological polar surface area (TPSA) is 45.9 Å². The molecule has 5 heteroatoms. The van der Waals surface area contributed by atoms with Crippen molar-refractivity contribution in [2.75, 3.05) is 9.80 Å².